The third-order valence-corrected chi connectivity index (χ3v) is 6.89. The van der Waals surface area contributed by atoms with Crippen LogP contribution in [0.25, 0.3) is 32.3 Å². The van der Waals surface area contributed by atoms with Crippen LogP contribution in [0.15, 0.2) is 18.2 Å². The summed E-state index contributed by atoms with van der Waals surface area (Å²) < 4.78 is 0. The fraction of sp³-hybridized carbons (Fsp3) is 0.125. The summed E-state index contributed by atoms with van der Waals surface area (Å²) >= 11 is 0. The summed E-state index contributed by atoms with van der Waals surface area (Å²) in [5.74, 6) is 0. The summed E-state index contributed by atoms with van der Waals surface area (Å²) in [5.41, 5.74) is 8.89. The molecule has 0 spiro atoms. The molecule has 0 unspecified atom stereocenters. The first-order chi connectivity index (χ1) is 13.2. The molecule has 3 heteroatoms. The molecule has 0 aromatic heterocycles. The molecular weight excluding hydrogens is 336 g/mol. The Morgan fingerprint density at radius 3 is 1.04 bits per heavy atom. The van der Waals surface area contributed by atoms with E-state index in [0.29, 0.717) is 19.3 Å². The molecule has 0 saturated carbocycles. The molecule has 126 valence electrons. The molecule has 0 radical (unpaired) electrons. The average Bonchev–Trinajstić information content (AvgIpc) is 3.35. The zero-order valence-corrected chi connectivity index (χ0v) is 14.3. The normalized spacial score (nSPS) is 14.7. The number of benzene rings is 4. The van der Waals surface area contributed by atoms with Crippen molar-refractivity contribution in [1.82, 2.24) is 0 Å². The fourth-order valence-corrected chi connectivity index (χ4v) is 5.97. The van der Waals surface area contributed by atoms with Crippen LogP contribution in [0, 0.1) is 0 Å². The van der Waals surface area contributed by atoms with Crippen LogP contribution in [0.4, 0.5) is 0 Å². The van der Waals surface area contributed by atoms with Crippen LogP contribution >= 0.6 is 0 Å². The number of hydrogen-bond acceptors (Lipinski definition) is 3. The molecule has 3 nitrogen and oxygen atoms in total. The second kappa shape index (κ2) is 4.15. The largest absolute Gasteiger partial charge is 0.298 e. The summed E-state index contributed by atoms with van der Waals surface area (Å²) in [6.07, 6.45) is 4.92. The van der Waals surface area contributed by atoms with E-state index in [1.54, 1.807) is 0 Å². The van der Waals surface area contributed by atoms with Crippen molar-refractivity contribution in [3.8, 4) is 0 Å². The molecule has 0 atom stereocenters. The van der Waals surface area contributed by atoms with Crippen LogP contribution < -0.4 is 0 Å². The Kier molecular flexibility index (Phi) is 2.12. The van der Waals surface area contributed by atoms with Crippen LogP contribution in [0.2, 0.25) is 0 Å². The predicted octanol–water partition coefficient (Wildman–Crippen LogP) is 4.30. The van der Waals surface area contributed by atoms with Crippen molar-refractivity contribution in [2.75, 3.05) is 0 Å². The van der Waals surface area contributed by atoms with E-state index >= 15 is 0 Å². The molecule has 4 aromatic carbocycles. The van der Waals surface area contributed by atoms with Gasteiger partial charge < -0.3 is 0 Å². The summed E-state index contributed by atoms with van der Waals surface area (Å²) in [6, 6.07) is 6.03. The van der Waals surface area contributed by atoms with Crippen molar-refractivity contribution in [3.05, 3.63) is 68.3 Å². The molecule has 0 heterocycles. The van der Waals surface area contributed by atoms with Gasteiger partial charge in [0.1, 0.15) is 18.9 Å². The van der Waals surface area contributed by atoms with Crippen molar-refractivity contribution in [3.63, 3.8) is 0 Å². The first-order valence-corrected chi connectivity index (χ1v) is 9.18. The van der Waals surface area contributed by atoms with Crippen LogP contribution in [0.1, 0.15) is 64.5 Å². The molecule has 0 aliphatic heterocycles. The maximum absolute atomic E-state index is 11.8. The lowest BCUT2D eigenvalue weighted by Gasteiger charge is -2.11. The van der Waals surface area contributed by atoms with Crippen LogP contribution in [-0.4, -0.2) is 18.9 Å². The van der Waals surface area contributed by atoms with Crippen molar-refractivity contribution in [2.24, 2.45) is 0 Å². The summed E-state index contributed by atoms with van der Waals surface area (Å²) in [7, 11) is 0. The summed E-state index contributed by atoms with van der Waals surface area (Å²) in [4.78, 5) is 35.4. The quantitative estimate of drug-likeness (QED) is 0.353. The van der Waals surface area contributed by atoms with Gasteiger partial charge in [-0.15, -0.1) is 0 Å². The average molecular weight is 348 g/mol. The number of carbonyl (C=O) groups excluding carboxylic acids is 3. The van der Waals surface area contributed by atoms with Gasteiger partial charge in [-0.1, -0.05) is 0 Å². The Bertz CT molecular complexity index is 1280. The first kappa shape index (κ1) is 13.8. The second-order valence-electron chi connectivity index (χ2n) is 7.94. The smallest absolute Gasteiger partial charge is 0.150 e. The van der Waals surface area contributed by atoms with Gasteiger partial charge in [0.05, 0.1) is 0 Å². The van der Waals surface area contributed by atoms with Gasteiger partial charge in [0, 0.05) is 16.7 Å². The van der Waals surface area contributed by atoms with E-state index in [1.165, 1.54) is 32.3 Å². The maximum Gasteiger partial charge on any atom is 0.150 e. The topological polar surface area (TPSA) is 51.2 Å². The lowest BCUT2D eigenvalue weighted by Crippen LogP contribution is -1.94. The third-order valence-electron chi connectivity index (χ3n) is 6.89. The summed E-state index contributed by atoms with van der Waals surface area (Å²) in [5, 5.41) is 7.22. The van der Waals surface area contributed by atoms with E-state index in [-0.39, 0.29) is 0 Å². The molecular formula is C24H12O3. The highest BCUT2D eigenvalue weighted by Gasteiger charge is 2.34. The minimum atomic E-state index is 0.694. The highest BCUT2D eigenvalue weighted by Crippen LogP contribution is 2.54. The molecule has 0 bridgehead atoms. The standard InChI is InChI=1S/C24H12O3/c25-7-13-1-10-4-17-14(8-26)3-12-6-18-15(9-27)2-11-5-16(13)22-19(10)23(17)21(12)24(18)20(11)22/h1-3,7-9H,4-6H2. The molecule has 0 fully saturated rings. The monoisotopic (exact) mass is 348 g/mol. The van der Waals surface area contributed by atoms with E-state index in [9.17, 15) is 14.4 Å². The van der Waals surface area contributed by atoms with Crippen molar-refractivity contribution < 1.29 is 14.4 Å². The lowest BCUT2D eigenvalue weighted by atomic mass is 9.91. The van der Waals surface area contributed by atoms with Gasteiger partial charge in [0.2, 0.25) is 0 Å². The highest BCUT2D eigenvalue weighted by atomic mass is 16.1. The van der Waals surface area contributed by atoms with Crippen molar-refractivity contribution in [1.29, 1.82) is 0 Å². The number of rotatable bonds is 3. The Labute approximate surface area is 153 Å². The minimum Gasteiger partial charge on any atom is -0.298 e. The van der Waals surface area contributed by atoms with Gasteiger partial charge in [-0.2, -0.15) is 0 Å². The number of carbonyl (C=O) groups is 3. The third kappa shape index (κ3) is 1.29. The zero-order valence-electron chi connectivity index (χ0n) is 14.3. The SMILES string of the molecule is O=Cc1cc2c3c4c1Cc1cc(C=O)c5c(c14)c1c(cc(C=O)c(c31)C2)C5. The van der Waals surface area contributed by atoms with E-state index in [1.807, 2.05) is 18.2 Å². The van der Waals surface area contributed by atoms with Gasteiger partial charge >= 0.3 is 0 Å². The minimum absolute atomic E-state index is 0.694. The fourth-order valence-electron chi connectivity index (χ4n) is 5.97. The van der Waals surface area contributed by atoms with Crippen LogP contribution in [-0.2, 0) is 19.3 Å². The van der Waals surface area contributed by atoms with Crippen molar-refractivity contribution in [2.45, 2.75) is 19.3 Å². The van der Waals surface area contributed by atoms with Crippen LogP contribution in [0.5, 0.6) is 0 Å². The Hall–Kier alpha value is -3.33. The van der Waals surface area contributed by atoms with Gasteiger partial charge in [-0.3, -0.25) is 14.4 Å². The second-order valence-corrected chi connectivity index (χ2v) is 7.94. The van der Waals surface area contributed by atoms with Crippen molar-refractivity contribution >= 4 is 51.2 Å². The zero-order chi connectivity index (χ0) is 18.0. The Morgan fingerprint density at radius 2 is 0.778 bits per heavy atom. The molecule has 0 saturated heterocycles. The van der Waals surface area contributed by atoms with Crippen LogP contribution in [0.3, 0.4) is 0 Å². The van der Waals surface area contributed by atoms with Gasteiger partial charge in [0.25, 0.3) is 0 Å². The van der Waals surface area contributed by atoms with Gasteiger partial charge in [-0.05, 0) is 103 Å². The first-order valence-electron chi connectivity index (χ1n) is 9.18. The number of hydrogen-bond donors (Lipinski definition) is 0. The lowest BCUT2D eigenvalue weighted by molar-refractivity contribution is 0.111. The molecule has 3 aliphatic carbocycles. The summed E-state index contributed by atoms with van der Waals surface area (Å²) in [6.45, 7) is 0. The van der Waals surface area contributed by atoms with E-state index in [4.69, 9.17) is 0 Å². The highest BCUT2D eigenvalue weighted by molar-refractivity contribution is 6.35. The Balaban J connectivity index is 1.90. The number of aldehydes is 3. The maximum atomic E-state index is 11.8. The molecule has 4 aromatic rings. The Morgan fingerprint density at radius 1 is 0.481 bits per heavy atom. The van der Waals surface area contributed by atoms with E-state index in [0.717, 1.165) is 68.9 Å². The molecule has 0 amide bonds. The molecule has 27 heavy (non-hydrogen) atoms. The predicted molar refractivity (Wildman–Crippen MR) is 104 cm³/mol. The molecule has 3 aliphatic rings. The van der Waals surface area contributed by atoms with E-state index < -0.39 is 0 Å². The molecule has 0 N–H and O–H groups in total. The van der Waals surface area contributed by atoms with Gasteiger partial charge in [-0.25, -0.2) is 0 Å². The van der Waals surface area contributed by atoms with E-state index in [2.05, 4.69) is 0 Å². The molecule has 7 rings (SSSR count). The van der Waals surface area contributed by atoms with Gasteiger partial charge in [0.15, 0.2) is 0 Å².